The zero-order valence-corrected chi connectivity index (χ0v) is 18.1. The van der Waals surface area contributed by atoms with E-state index in [-0.39, 0.29) is 4.90 Å². The molecule has 0 bridgehead atoms. The summed E-state index contributed by atoms with van der Waals surface area (Å²) in [6.07, 6.45) is 1.66. The Labute approximate surface area is 173 Å². The van der Waals surface area contributed by atoms with E-state index in [0.29, 0.717) is 19.0 Å². The van der Waals surface area contributed by atoms with Gasteiger partial charge in [-0.2, -0.15) is 0 Å². The smallest absolute Gasteiger partial charge is 0.246 e. The first-order valence-electron chi connectivity index (χ1n) is 8.82. The molecule has 1 aromatic heterocycles. The van der Waals surface area contributed by atoms with Gasteiger partial charge in [0, 0.05) is 17.6 Å². The third kappa shape index (κ3) is 4.21. The molecule has 0 spiro atoms. The number of pyridine rings is 1. The van der Waals surface area contributed by atoms with Crippen molar-refractivity contribution in [3.63, 3.8) is 0 Å². The van der Waals surface area contributed by atoms with Gasteiger partial charge in [-0.25, -0.2) is 13.4 Å². The minimum absolute atomic E-state index is 0.0893. The number of ether oxygens (including phenoxy) is 1. The number of carbonyl (C=O) groups excluding carboxylic acids is 1. The summed E-state index contributed by atoms with van der Waals surface area (Å²) in [6.45, 7) is 5.68. The van der Waals surface area contributed by atoms with E-state index in [0.717, 1.165) is 23.2 Å². The molecule has 1 aliphatic heterocycles. The number of anilines is 2. The van der Waals surface area contributed by atoms with Crippen LogP contribution in [0.5, 0.6) is 0 Å². The van der Waals surface area contributed by atoms with Gasteiger partial charge < -0.3 is 15.0 Å². The molecule has 0 atom stereocenters. The molecule has 0 aliphatic carbocycles. The molecule has 1 N–H and O–H groups in total. The number of hydrogen-bond acceptors (Lipinski definition) is 6. The highest BCUT2D eigenvalue weighted by molar-refractivity contribution is 9.10. The van der Waals surface area contributed by atoms with Gasteiger partial charge in [-0.1, -0.05) is 15.9 Å². The van der Waals surface area contributed by atoms with Gasteiger partial charge >= 0.3 is 0 Å². The molecule has 1 amide bonds. The molecule has 2 heterocycles. The molecule has 0 radical (unpaired) electrons. The first-order valence-corrected chi connectivity index (χ1v) is 11.1. The quantitative estimate of drug-likeness (QED) is 0.726. The van der Waals surface area contributed by atoms with Crippen LogP contribution in [0.4, 0.5) is 11.5 Å². The lowest BCUT2D eigenvalue weighted by Gasteiger charge is -2.28. The van der Waals surface area contributed by atoms with Gasteiger partial charge in [-0.05, 0) is 50.2 Å². The SMILES string of the molecule is CC(C)(C(=O)Nc1ccc(N2CCOCC2)cn1)S(=O)(=O)c1ccc(Br)cc1. The Morgan fingerprint density at radius 1 is 1.14 bits per heavy atom. The highest BCUT2D eigenvalue weighted by atomic mass is 79.9. The Hall–Kier alpha value is -1.97. The molecule has 1 aliphatic rings. The fourth-order valence-corrected chi connectivity index (χ4v) is 4.41. The maximum Gasteiger partial charge on any atom is 0.246 e. The Morgan fingerprint density at radius 2 is 1.79 bits per heavy atom. The number of amides is 1. The maximum absolute atomic E-state index is 12.9. The Kier molecular flexibility index (Phi) is 6.07. The third-order valence-corrected chi connectivity index (χ3v) is 7.66. The first-order chi connectivity index (χ1) is 13.2. The topological polar surface area (TPSA) is 88.6 Å². The third-order valence-electron chi connectivity index (χ3n) is 4.71. The molecule has 1 fully saturated rings. The van der Waals surface area contributed by atoms with E-state index in [9.17, 15) is 13.2 Å². The van der Waals surface area contributed by atoms with E-state index in [1.807, 2.05) is 6.07 Å². The maximum atomic E-state index is 12.9. The normalized spacial score (nSPS) is 15.3. The van der Waals surface area contributed by atoms with Crippen molar-refractivity contribution in [1.82, 2.24) is 4.98 Å². The molecule has 0 unspecified atom stereocenters. The van der Waals surface area contributed by atoms with Crippen molar-refractivity contribution < 1.29 is 17.9 Å². The first kappa shape index (κ1) is 20.8. The van der Waals surface area contributed by atoms with Gasteiger partial charge in [0.05, 0.1) is 30.0 Å². The predicted molar refractivity (Wildman–Crippen MR) is 111 cm³/mol. The molecule has 28 heavy (non-hydrogen) atoms. The van der Waals surface area contributed by atoms with Crippen molar-refractivity contribution in [2.24, 2.45) is 0 Å². The number of carbonyl (C=O) groups is 1. The van der Waals surface area contributed by atoms with Crippen LogP contribution < -0.4 is 10.2 Å². The molecular formula is C19H22BrN3O4S. The van der Waals surface area contributed by atoms with Crippen LogP contribution in [0.15, 0.2) is 52.0 Å². The zero-order chi connectivity index (χ0) is 20.4. The molecule has 1 aromatic carbocycles. The van der Waals surface area contributed by atoms with Gasteiger partial charge in [0.25, 0.3) is 0 Å². The second kappa shape index (κ2) is 8.18. The minimum Gasteiger partial charge on any atom is -0.378 e. The summed E-state index contributed by atoms with van der Waals surface area (Å²) in [4.78, 5) is 19.2. The molecule has 0 saturated carbocycles. The van der Waals surface area contributed by atoms with Crippen LogP contribution in [0.1, 0.15) is 13.8 Å². The van der Waals surface area contributed by atoms with E-state index in [1.54, 1.807) is 24.4 Å². The standard InChI is InChI=1S/C19H22BrN3O4S/c1-19(2,28(25,26)16-6-3-14(20)4-7-16)18(24)22-17-8-5-15(13-21-17)23-9-11-27-12-10-23/h3-8,13H,9-12H2,1-2H3,(H,21,22,24). The number of sulfone groups is 1. The Morgan fingerprint density at radius 3 is 2.36 bits per heavy atom. The predicted octanol–water partition coefficient (Wildman–Crippen LogP) is 2.87. The molecular weight excluding hydrogens is 446 g/mol. The van der Waals surface area contributed by atoms with Crippen molar-refractivity contribution >= 4 is 43.2 Å². The van der Waals surface area contributed by atoms with Gasteiger partial charge in [-0.3, -0.25) is 4.79 Å². The van der Waals surface area contributed by atoms with E-state index < -0.39 is 20.5 Å². The number of benzene rings is 1. The molecule has 7 nitrogen and oxygen atoms in total. The molecule has 9 heteroatoms. The fourth-order valence-electron chi connectivity index (χ4n) is 2.77. The summed E-state index contributed by atoms with van der Waals surface area (Å²) < 4.78 is 30.3. The average molecular weight is 468 g/mol. The number of halogens is 1. The summed E-state index contributed by atoms with van der Waals surface area (Å²) in [7, 11) is -3.88. The Balaban J connectivity index is 1.74. The number of hydrogen-bond donors (Lipinski definition) is 1. The molecule has 2 aromatic rings. The van der Waals surface area contributed by atoms with E-state index >= 15 is 0 Å². The van der Waals surface area contributed by atoms with E-state index in [2.05, 4.69) is 31.1 Å². The summed E-state index contributed by atoms with van der Waals surface area (Å²) in [5.74, 6) is -0.330. The van der Waals surface area contributed by atoms with Gasteiger partial charge in [-0.15, -0.1) is 0 Å². The number of rotatable bonds is 5. The lowest BCUT2D eigenvalue weighted by atomic mass is 10.2. The Bertz CT molecular complexity index is 938. The van der Waals surface area contributed by atoms with Crippen LogP contribution >= 0.6 is 15.9 Å². The minimum atomic E-state index is -3.88. The number of nitrogens with one attached hydrogen (secondary N) is 1. The van der Waals surface area contributed by atoms with Gasteiger partial charge in [0.2, 0.25) is 5.91 Å². The molecule has 150 valence electrons. The summed E-state index contributed by atoms with van der Waals surface area (Å²) >= 11 is 3.28. The monoisotopic (exact) mass is 467 g/mol. The van der Waals surface area contributed by atoms with Crippen LogP contribution in [0, 0.1) is 0 Å². The average Bonchev–Trinajstić information content (AvgIpc) is 2.69. The largest absolute Gasteiger partial charge is 0.378 e. The van der Waals surface area contributed by atoms with Crippen molar-refractivity contribution in [1.29, 1.82) is 0 Å². The van der Waals surface area contributed by atoms with E-state index in [4.69, 9.17) is 4.74 Å². The van der Waals surface area contributed by atoms with Gasteiger partial charge in [0.15, 0.2) is 9.84 Å². The highest BCUT2D eigenvalue weighted by Crippen LogP contribution is 2.28. The summed E-state index contributed by atoms with van der Waals surface area (Å²) in [5.41, 5.74) is 0.933. The van der Waals surface area contributed by atoms with Crippen LogP contribution in [0.2, 0.25) is 0 Å². The lowest BCUT2D eigenvalue weighted by Crippen LogP contribution is -2.44. The summed E-state index contributed by atoms with van der Waals surface area (Å²) in [6, 6.07) is 9.74. The van der Waals surface area contributed by atoms with Crippen molar-refractivity contribution in [3.05, 3.63) is 47.1 Å². The number of morpholine rings is 1. The van der Waals surface area contributed by atoms with Crippen LogP contribution in [-0.2, 0) is 19.4 Å². The zero-order valence-electron chi connectivity index (χ0n) is 15.7. The lowest BCUT2D eigenvalue weighted by molar-refractivity contribution is -0.117. The van der Waals surface area contributed by atoms with Gasteiger partial charge in [0.1, 0.15) is 10.6 Å². The van der Waals surface area contributed by atoms with Crippen molar-refractivity contribution in [3.8, 4) is 0 Å². The second-order valence-electron chi connectivity index (χ2n) is 6.92. The van der Waals surface area contributed by atoms with Crippen LogP contribution in [-0.4, -0.2) is 50.4 Å². The van der Waals surface area contributed by atoms with Crippen molar-refractivity contribution in [2.75, 3.05) is 36.5 Å². The molecule has 1 saturated heterocycles. The molecule has 3 rings (SSSR count). The van der Waals surface area contributed by atoms with Crippen LogP contribution in [0.25, 0.3) is 0 Å². The van der Waals surface area contributed by atoms with Crippen LogP contribution in [0.3, 0.4) is 0 Å². The van der Waals surface area contributed by atoms with E-state index in [1.165, 1.54) is 26.0 Å². The highest BCUT2D eigenvalue weighted by Gasteiger charge is 2.43. The summed E-state index contributed by atoms with van der Waals surface area (Å²) in [5, 5.41) is 2.62. The number of aromatic nitrogens is 1. The van der Waals surface area contributed by atoms with Crippen molar-refractivity contribution in [2.45, 2.75) is 23.5 Å². The fraction of sp³-hybridized carbons (Fsp3) is 0.368. The number of nitrogens with zero attached hydrogens (tertiary/aromatic N) is 2. The second-order valence-corrected chi connectivity index (χ2v) is 10.3.